The number of piperazine rings is 1. The van der Waals surface area contributed by atoms with Gasteiger partial charge in [0.05, 0.1) is 12.3 Å². The second-order valence-corrected chi connectivity index (χ2v) is 6.73. The highest BCUT2D eigenvalue weighted by Gasteiger charge is 2.37. The minimum absolute atomic E-state index is 0.123. The van der Waals surface area contributed by atoms with E-state index in [1.165, 1.54) is 6.92 Å². The van der Waals surface area contributed by atoms with Gasteiger partial charge in [0.25, 0.3) is 0 Å². The Morgan fingerprint density at radius 2 is 1.90 bits per heavy atom. The molecule has 7 heteroatoms. The van der Waals surface area contributed by atoms with Crippen LogP contribution < -0.4 is 5.32 Å². The van der Waals surface area contributed by atoms with Crippen molar-refractivity contribution in [3.8, 4) is 0 Å². The van der Waals surface area contributed by atoms with Crippen molar-refractivity contribution in [2.24, 2.45) is 0 Å². The summed E-state index contributed by atoms with van der Waals surface area (Å²) in [6.07, 6.45) is 0.349. The predicted molar refractivity (Wildman–Crippen MR) is 73.3 cm³/mol. The third-order valence-corrected chi connectivity index (χ3v) is 5.10. The highest BCUT2D eigenvalue weighted by molar-refractivity contribution is 7.89. The van der Waals surface area contributed by atoms with Gasteiger partial charge in [0.1, 0.15) is 6.04 Å². The molecule has 108 valence electrons. The second-order valence-electron chi connectivity index (χ2n) is 4.69. The Labute approximate surface area is 117 Å². The van der Waals surface area contributed by atoms with E-state index in [2.05, 4.69) is 5.32 Å². The summed E-state index contributed by atoms with van der Waals surface area (Å²) in [5.41, 5.74) is 0.900. The highest BCUT2D eigenvalue weighted by atomic mass is 32.2. The summed E-state index contributed by atoms with van der Waals surface area (Å²) < 4.78 is 25.5. The number of imide groups is 1. The van der Waals surface area contributed by atoms with E-state index < -0.39 is 27.9 Å². The van der Waals surface area contributed by atoms with Gasteiger partial charge in [-0.1, -0.05) is 30.3 Å². The Bertz CT molecular complexity index is 613. The monoisotopic (exact) mass is 296 g/mol. The SMILES string of the molecule is CC1C(=O)NC(=O)CN1S(=O)(=O)CCc1ccccc1. The van der Waals surface area contributed by atoms with Crippen LogP contribution in [0.5, 0.6) is 0 Å². The smallest absolute Gasteiger partial charge is 0.244 e. The minimum Gasteiger partial charge on any atom is -0.294 e. The van der Waals surface area contributed by atoms with Crippen LogP contribution >= 0.6 is 0 Å². The molecular weight excluding hydrogens is 280 g/mol. The molecule has 0 bridgehead atoms. The molecule has 1 saturated heterocycles. The summed E-state index contributed by atoms with van der Waals surface area (Å²) in [7, 11) is -3.64. The van der Waals surface area contributed by atoms with Crippen molar-refractivity contribution in [3.05, 3.63) is 35.9 Å². The molecule has 1 aliphatic rings. The Morgan fingerprint density at radius 3 is 2.55 bits per heavy atom. The van der Waals surface area contributed by atoms with Crippen molar-refractivity contribution in [1.82, 2.24) is 9.62 Å². The van der Waals surface area contributed by atoms with E-state index in [0.717, 1.165) is 9.87 Å². The highest BCUT2D eigenvalue weighted by Crippen LogP contribution is 2.13. The van der Waals surface area contributed by atoms with E-state index in [1.54, 1.807) is 0 Å². The lowest BCUT2D eigenvalue weighted by molar-refractivity contribution is -0.136. The van der Waals surface area contributed by atoms with Crippen molar-refractivity contribution in [2.75, 3.05) is 12.3 Å². The zero-order valence-corrected chi connectivity index (χ0v) is 11.9. The van der Waals surface area contributed by atoms with E-state index >= 15 is 0 Å². The number of benzene rings is 1. The molecule has 1 aromatic rings. The average Bonchev–Trinajstić information content (AvgIpc) is 2.42. The molecule has 1 fully saturated rings. The number of carbonyl (C=O) groups is 2. The van der Waals surface area contributed by atoms with Gasteiger partial charge in [-0.25, -0.2) is 8.42 Å². The first-order chi connectivity index (χ1) is 9.40. The maximum atomic E-state index is 12.3. The van der Waals surface area contributed by atoms with Crippen molar-refractivity contribution >= 4 is 21.8 Å². The summed E-state index contributed by atoms with van der Waals surface area (Å²) in [6, 6.07) is 8.35. The first-order valence-corrected chi connectivity index (χ1v) is 7.88. The molecule has 0 aromatic heterocycles. The second kappa shape index (κ2) is 5.72. The van der Waals surface area contributed by atoms with E-state index in [0.29, 0.717) is 6.42 Å². The summed E-state index contributed by atoms with van der Waals surface area (Å²) in [6.45, 7) is 1.17. The van der Waals surface area contributed by atoms with E-state index in [-0.39, 0.29) is 12.3 Å². The van der Waals surface area contributed by atoms with Gasteiger partial charge in [0.2, 0.25) is 21.8 Å². The molecule has 20 heavy (non-hydrogen) atoms. The lowest BCUT2D eigenvalue weighted by Gasteiger charge is -2.30. The Morgan fingerprint density at radius 1 is 1.25 bits per heavy atom. The molecule has 1 aromatic carbocycles. The number of hydrogen-bond acceptors (Lipinski definition) is 4. The van der Waals surface area contributed by atoms with E-state index in [9.17, 15) is 18.0 Å². The largest absolute Gasteiger partial charge is 0.294 e. The zero-order chi connectivity index (χ0) is 14.8. The van der Waals surface area contributed by atoms with Gasteiger partial charge in [0, 0.05) is 0 Å². The van der Waals surface area contributed by atoms with Gasteiger partial charge in [-0.05, 0) is 18.9 Å². The lowest BCUT2D eigenvalue weighted by Crippen LogP contribution is -2.58. The summed E-state index contributed by atoms with van der Waals surface area (Å²) in [5.74, 6) is -1.29. The van der Waals surface area contributed by atoms with Crippen LogP contribution in [0.25, 0.3) is 0 Å². The third kappa shape index (κ3) is 3.23. The third-order valence-electron chi connectivity index (χ3n) is 3.22. The van der Waals surface area contributed by atoms with Gasteiger partial charge in [-0.3, -0.25) is 14.9 Å². The molecule has 0 spiro atoms. The zero-order valence-electron chi connectivity index (χ0n) is 11.1. The molecule has 0 saturated carbocycles. The number of hydrogen-bond donors (Lipinski definition) is 1. The van der Waals surface area contributed by atoms with Crippen LogP contribution in [0.4, 0.5) is 0 Å². The topological polar surface area (TPSA) is 83.6 Å². The number of sulfonamides is 1. The number of amides is 2. The van der Waals surface area contributed by atoms with Crippen LogP contribution in [0, 0.1) is 0 Å². The average molecular weight is 296 g/mol. The van der Waals surface area contributed by atoms with Gasteiger partial charge in [-0.15, -0.1) is 0 Å². The molecule has 1 heterocycles. The number of aryl methyl sites for hydroxylation is 1. The van der Waals surface area contributed by atoms with Crippen LogP contribution in [0.3, 0.4) is 0 Å². The van der Waals surface area contributed by atoms with Crippen LogP contribution in [-0.4, -0.2) is 42.9 Å². The summed E-state index contributed by atoms with van der Waals surface area (Å²) in [4.78, 5) is 22.8. The lowest BCUT2D eigenvalue weighted by atomic mass is 10.2. The molecular formula is C13H16N2O4S. The quantitative estimate of drug-likeness (QED) is 0.787. The molecule has 0 radical (unpaired) electrons. The molecule has 1 N–H and O–H groups in total. The number of carbonyl (C=O) groups excluding carboxylic acids is 2. The van der Waals surface area contributed by atoms with Crippen molar-refractivity contribution < 1.29 is 18.0 Å². The van der Waals surface area contributed by atoms with Crippen LogP contribution in [0.1, 0.15) is 12.5 Å². The molecule has 2 amide bonds. The number of nitrogens with one attached hydrogen (secondary N) is 1. The fourth-order valence-corrected chi connectivity index (χ4v) is 3.66. The molecule has 1 atom stereocenters. The van der Waals surface area contributed by atoms with Crippen molar-refractivity contribution in [3.63, 3.8) is 0 Å². The van der Waals surface area contributed by atoms with Crippen molar-refractivity contribution in [1.29, 1.82) is 0 Å². The first-order valence-electron chi connectivity index (χ1n) is 6.27. The standard InChI is InChI=1S/C13H16N2O4S/c1-10-13(17)14-12(16)9-15(10)20(18,19)8-7-11-5-3-2-4-6-11/h2-6,10H,7-9H2,1H3,(H,14,16,17). The van der Waals surface area contributed by atoms with Crippen LogP contribution in [0.2, 0.25) is 0 Å². The minimum atomic E-state index is -3.64. The van der Waals surface area contributed by atoms with Crippen LogP contribution in [0.15, 0.2) is 30.3 Å². The number of rotatable bonds is 4. The van der Waals surface area contributed by atoms with Crippen LogP contribution in [-0.2, 0) is 26.0 Å². The molecule has 0 aliphatic carbocycles. The van der Waals surface area contributed by atoms with Gasteiger partial charge < -0.3 is 0 Å². The maximum Gasteiger partial charge on any atom is 0.244 e. The molecule has 1 unspecified atom stereocenters. The predicted octanol–water partition coefficient (Wildman–Crippen LogP) is -0.0942. The fraction of sp³-hybridized carbons (Fsp3) is 0.385. The van der Waals surface area contributed by atoms with E-state index in [1.807, 2.05) is 30.3 Å². The van der Waals surface area contributed by atoms with Gasteiger partial charge in [-0.2, -0.15) is 4.31 Å². The number of nitrogens with zero attached hydrogens (tertiary/aromatic N) is 1. The van der Waals surface area contributed by atoms with Gasteiger partial charge in [0.15, 0.2) is 0 Å². The first kappa shape index (κ1) is 14.7. The van der Waals surface area contributed by atoms with E-state index in [4.69, 9.17) is 0 Å². The normalized spacial score (nSPS) is 20.8. The fourth-order valence-electron chi connectivity index (χ4n) is 2.04. The molecule has 1 aliphatic heterocycles. The molecule has 2 rings (SSSR count). The Balaban J connectivity index is 2.09. The van der Waals surface area contributed by atoms with Gasteiger partial charge >= 0.3 is 0 Å². The summed E-state index contributed by atoms with van der Waals surface area (Å²) in [5, 5.41) is 2.12. The molecule has 6 nitrogen and oxygen atoms in total. The summed E-state index contributed by atoms with van der Waals surface area (Å²) >= 11 is 0. The van der Waals surface area contributed by atoms with Crippen molar-refractivity contribution in [2.45, 2.75) is 19.4 Å². The maximum absolute atomic E-state index is 12.3. The Kier molecular flexibility index (Phi) is 4.20. The Hall–Kier alpha value is -1.73.